The van der Waals surface area contributed by atoms with Gasteiger partial charge in [-0.15, -0.1) is 0 Å². The van der Waals surface area contributed by atoms with Crippen LogP contribution in [-0.4, -0.2) is 44.8 Å². The Bertz CT molecular complexity index is 2140. The van der Waals surface area contributed by atoms with Crippen molar-refractivity contribution in [1.29, 1.82) is 0 Å². The first-order valence-corrected chi connectivity index (χ1v) is 17.6. The molecule has 1 N–H and O–H groups in total. The van der Waals surface area contributed by atoms with Gasteiger partial charge in [-0.25, -0.2) is 4.79 Å². The highest BCUT2D eigenvalue weighted by Gasteiger charge is 2.45. The molecule has 0 aliphatic carbocycles. The Hall–Kier alpha value is -5.73. The number of carbonyl (C=O) groups is 1. The Labute approximate surface area is 304 Å². The maximum Gasteiger partial charge on any atom is 0.410 e. The Morgan fingerprint density at radius 2 is 1.48 bits per heavy atom. The molecule has 1 saturated heterocycles. The minimum absolute atomic E-state index is 0.318. The normalized spacial score (nSPS) is 17.5. The average Bonchev–Trinajstić information content (AvgIpc) is 3.16. The first-order chi connectivity index (χ1) is 25.1. The molecular formula is C44H43N3O5. The molecule has 8 heteroatoms. The highest BCUT2D eigenvalue weighted by Crippen LogP contribution is 2.44. The summed E-state index contributed by atoms with van der Waals surface area (Å²) in [6, 6.07) is 41.6. The molecule has 0 saturated carbocycles. The molecule has 0 bridgehead atoms. The van der Waals surface area contributed by atoms with Crippen molar-refractivity contribution in [3.05, 3.63) is 156 Å². The summed E-state index contributed by atoms with van der Waals surface area (Å²) in [4.78, 5) is 24.5. The number of nitrogens with zero attached hydrogens (tertiary/aromatic N) is 3. The van der Waals surface area contributed by atoms with Gasteiger partial charge in [0.15, 0.2) is 0 Å². The predicted octanol–water partition coefficient (Wildman–Crippen LogP) is 9.07. The molecule has 2 unspecified atom stereocenters. The van der Waals surface area contributed by atoms with E-state index in [1.54, 1.807) is 4.90 Å². The average molecular weight is 694 g/mol. The van der Waals surface area contributed by atoms with Gasteiger partial charge in [-0.05, 0) is 73.7 Å². The van der Waals surface area contributed by atoms with Crippen LogP contribution in [-0.2, 0) is 23.6 Å². The van der Waals surface area contributed by atoms with E-state index in [2.05, 4.69) is 6.07 Å². The van der Waals surface area contributed by atoms with Crippen LogP contribution in [0.4, 0.5) is 4.79 Å². The van der Waals surface area contributed by atoms with E-state index >= 15 is 0 Å². The van der Waals surface area contributed by atoms with Crippen LogP contribution in [0.2, 0.25) is 0 Å². The summed E-state index contributed by atoms with van der Waals surface area (Å²) in [6.45, 7) is 6.98. The monoisotopic (exact) mass is 693 g/mol. The van der Waals surface area contributed by atoms with Gasteiger partial charge in [-0.3, -0.25) is 4.98 Å². The third-order valence-electron chi connectivity index (χ3n) is 9.37. The summed E-state index contributed by atoms with van der Waals surface area (Å²) in [6.07, 6.45) is 1.79. The van der Waals surface area contributed by atoms with Crippen LogP contribution in [0.1, 0.15) is 55.4 Å². The van der Waals surface area contributed by atoms with E-state index in [9.17, 15) is 9.90 Å². The second-order valence-corrected chi connectivity index (χ2v) is 14.2. The zero-order valence-electron chi connectivity index (χ0n) is 29.7. The lowest BCUT2D eigenvalue weighted by molar-refractivity contribution is -0.0526. The molecule has 0 spiro atoms. The van der Waals surface area contributed by atoms with Crippen molar-refractivity contribution < 1.29 is 24.1 Å². The van der Waals surface area contributed by atoms with E-state index in [4.69, 9.17) is 24.2 Å². The van der Waals surface area contributed by atoms with Crippen LogP contribution in [0.5, 0.6) is 11.8 Å². The second-order valence-electron chi connectivity index (χ2n) is 14.2. The van der Waals surface area contributed by atoms with Crippen molar-refractivity contribution >= 4 is 17.0 Å². The number of hydrogen-bond donors (Lipinski definition) is 1. The minimum atomic E-state index is -1.24. The lowest BCUT2D eigenvalue weighted by atomic mass is 9.72. The molecule has 6 aromatic rings. The molecule has 8 nitrogen and oxygen atoms in total. The number of hydrogen-bond acceptors (Lipinski definition) is 7. The predicted molar refractivity (Wildman–Crippen MR) is 202 cm³/mol. The van der Waals surface area contributed by atoms with E-state index in [0.29, 0.717) is 44.5 Å². The van der Waals surface area contributed by atoms with Crippen LogP contribution in [0.3, 0.4) is 0 Å². The third kappa shape index (κ3) is 7.92. The summed E-state index contributed by atoms with van der Waals surface area (Å²) < 4.78 is 18.1. The fraction of sp³-hybridized carbons (Fsp3) is 0.250. The number of amides is 1. The molecule has 7 rings (SSSR count). The van der Waals surface area contributed by atoms with Crippen LogP contribution in [0.15, 0.2) is 134 Å². The molecule has 0 radical (unpaired) electrons. The summed E-state index contributed by atoms with van der Waals surface area (Å²) in [7, 11) is 0. The number of carbonyl (C=O) groups excluding carboxylic acids is 1. The van der Waals surface area contributed by atoms with Gasteiger partial charge in [0, 0.05) is 47.8 Å². The van der Waals surface area contributed by atoms with Crippen LogP contribution in [0, 0.1) is 0 Å². The van der Waals surface area contributed by atoms with Gasteiger partial charge in [0.2, 0.25) is 11.8 Å². The number of ether oxygens (including phenoxy) is 3. The molecule has 1 aliphatic rings. The molecule has 1 aliphatic heterocycles. The quantitative estimate of drug-likeness (QED) is 0.162. The number of aromatic nitrogens is 2. The molecular weight excluding hydrogens is 651 g/mol. The molecule has 1 amide bonds. The van der Waals surface area contributed by atoms with Gasteiger partial charge in [-0.2, -0.15) is 4.98 Å². The van der Waals surface area contributed by atoms with Crippen molar-refractivity contribution in [1.82, 2.24) is 14.9 Å². The molecule has 2 atom stereocenters. The van der Waals surface area contributed by atoms with Crippen molar-refractivity contribution in [3.63, 3.8) is 0 Å². The molecule has 2 aromatic heterocycles. The molecule has 264 valence electrons. The Balaban J connectivity index is 1.21. The Morgan fingerprint density at radius 1 is 0.827 bits per heavy atom. The maximum absolute atomic E-state index is 13.2. The van der Waals surface area contributed by atoms with Gasteiger partial charge < -0.3 is 24.2 Å². The fourth-order valence-corrected chi connectivity index (χ4v) is 6.69. The van der Waals surface area contributed by atoms with Crippen LogP contribution < -0.4 is 9.47 Å². The highest BCUT2D eigenvalue weighted by molar-refractivity contribution is 5.85. The number of piperidine rings is 1. The number of aliphatic hydroxyl groups is 1. The fourth-order valence-electron chi connectivity index (χ4n) is 6.69. The Kier molecular flexibility index (Phi) is 9.92. The second kappa shape index (κ2) is 14.9. The first kappa shape index (κ1) is 34.7. The minimum Gasteiger partial charge on any atom is -0.473 e. The van der Waals surface area contributed by atoms with Gasteiger partial charge in [-0.1, -0.05) is 97.1 Å². The van der Waals surface area contributed by atoms with E-state index < -0.39 is 11.2 Å². The summed E-state index contributed by atoms with van der Waals surface area (Å²) in [5.74, 6) is 0.511. The Morgan fingerprint density at radius 3 is 2.15 bits per heavy atom. The third-order valence-corrected chi connectivity index (χ3v) is 9.37. The number of pyridine rings is 2. The number of rotatable bonds is 9. The smallest absolute Gasteiger partial charge is 0.410 e. The lowest BCUT2D eigenvalue weighted by Gasteiger charge is -2.45. The zero-order valence-corrected chi connectivity index (χ0v) is 29.7. The van der Waals surface area contributed by atoms with Crippen LogP contribution in [0.25, 0.3) is 22.0 Å². The van der Waals surface area contributed by atoms with Crippen molar-refractivity contribution in [2.24, 2.45) is 0 Å². The largest absolute Gasteiger partial charge is 0.473 e. The van der Waals surface area contributed by atoms with Gasteiger partial charge in [0.25, 0.3) is 0 Å². The first-order valence-electron chi connectivity index (χ1n) is 17.6. The van der Waals surface area contributed by atoms with E-state index in [1.165, 1.54) is 0 Å². The summed E-state index contributed by atoms with van der Waals surface area (Å²) in [5.41, 5.74) is 4.30. The van der Waals surface area contributed by atoms with Crippen molar-refractivity contribution in [3.8, 4) is 22.9 Å². The summed E-state index contributed by atoms with van der Waals surface area (Å²) >= 11 is 0. The molecule has 4 aromatic carbocycles. The van der Waals surface area contributed by atoms with Gasteiger partial charge >= 0.3 is 6.09 Å². The lowest BCUT2D eigenvalue weighted by Crippen LogP contribution is -2.51. The maximum atomic E-state index is 13.2. The van der Waals surface area contributed by atoms with Crippen molar-refractivity contribution in [2.45, 2.75) is 57.5 Å². The standard InChI is InChI=1S/C44H43N3O5/c1-43(2,3)52-42(48)47-24-23-44(49,38(28-47)33-17-11-6-12-18-33)36-19-21-39-34(26-36)25-35(27-45-39)37-20-22-40(50-29-31-13-7-4-8-14-31)46-41(37)51-30-32-15-9-5-10-16-32/h4-22,25-27,38,49H,23-24,28-30H2,1-3H3. The van der Waals surface area contributed by atoms with E-state index in [1.807, 2.05) is 148 Å². The summed E-state index contributed by atoms with van der Waals surface area (Å²) in [5, 5.41) is 13.4. The molecule has 3 heterocycles. The van der Waals surface area contributed by atoms with E-state index in [-0.39, 0.29) is 12.0 Å². The molecule has 1 fully saturated rings. The zero-order chi connectivity index (χ0) is 36.1. The SMILES string of the molecule is CC(C)(C)OC(=O)N1CCC(O)(c2ccc3ncc(-c4ccc(OCc5ccccc5)nc4OCc4ccccc4)cc3c2)C(c2ccccc2)C1. The number of likely N-dealkylation sites (tertiary alicyclic amines) is 1. The number of benzene rings is 4. The highest BCUT2D eigenvalue weighted by atomic mass is 16.6. The topological polar surface area (TPSA) is 94.0 Å². The van der Waals surface area contributed by atoms with E-state index in [0.717, 1.165) is 44.3 Å². The van der Waals surface area contributed by atoms with Gasteiger partial charge in [0.05, 0.1) is 11.1 Å². The van der Waals surface area contributed by atoms with Gasteiger partial charge in [0.1, 0.15) is 18.8 Å². The number of fused-ring (bicyclic) bond motifs is 1. The van der Waals surface area contributed by atoms with Crippen LogP contribution >= 0.6 is 0 Å². The molecule has 52 heavy (non-hydrogen) atoms. The van der Waals surface area contributed by atoms with Crippen molar-refractivity contribution in [2.75, 3.05) is 13.1 Å².